The number of nitrogens with one attached hydrogen (secondary N) is 2. The standard InChI is InChI=1S/C15H16N6O2/c22-12-6-9(7-17-12)18-14(23)13-10-2-1-3-11(10)19-15(20-13)21-5-4-16-8-21/h4-5,8-9H,1-3,6-7H2,(H,17,22)(H,18,23)/t9-/m0/s1. The largest absolute Gasteiger partial charge is 0.354 e. The van der Waals surface area contributed by atoms with Crippen molar-refractivity contribution in [3.8, 4) is 5.95 Å². The molecule has 3 heterocycles. The lowest BCUT2D eigenvalue weighted by Gasteiger charge is -2.13. The van der Waals surface area contributed by atoms with Gasteiger partial charge in [0.05, 0.1) is 6.04 Å². The van der Waals surface area contributed by atoms with Gasteiger partial charge in [0.25, 0.3) is 5.91 Å². The molecule has 118 valence electrons. The molecule has 8 heteroatoms. The summed E-state index contributed by atoms with van der Waals surface area (Å²) in [7, 11) is 0. The summed E-state index contributed by atoms with van der Waals surface area (Å²) in [5.41, 5.74) is 2.26. The van der Waals surface area contributed by atoms with Gasteiger partial charge in [0.15, 0.2) is 0 Å². The Bertz CT molecular complexity index is 771. The zero-order valence-electron chi connectivity index (χ0n) is 12.5. The number of carbonyl (C=O) groups is 2. The highest BCUT2D eigenvalue weighted by Crippen LogP contribution is 2.24. The minimum absolute atomic E-state index is 0.0395. The fourth-order valence-electron chi connectivity index (χ4n) is 3.06. The maximum Gasteiger partial charge on any atom is 0.270 e. The summed E-state index contributed by atoms with van der Waals surface area (Å²) in [5.74, 6) is 0.171. The molecule has 2 aliphatic rings. The Balaban J connectivity index is 1.67. The average molecular weight is 312 g/mol. The first-order valence-electron chi connectivity index (χ1n) is 7.66. The maximum atomic E-state index is 12.6. The summed E-state index contributed by atoms with van der Waals surface area (Å²) < 4.78 is 1.69. The fourth-order valence-corrected chi connectivity index (χ4v) is 3.06. The molecule has 1 saturated heterocycles. The van der Waals surface area contributed by atoms with Gasteiger partial charge in [-0.2, -0.15) is 0 Å². The molecule has 4 rings (SSSR count). The highest BCUT2D eigenvalue weighted by atomic mass is 16.2. The molecule has 0 spiro atoms. The number of imidazole rings is 1. The number of aryl methyl sites for hydroxylation is 1. The van der Waals surface area contributed by atoms with Crippen LogP contribution in [0.2, 0.25) is 0 Å². The van der Waals surface area contributed by atoms with Crippen LogP contribution in [-0.4, -0.2) is 43.9 Å². The van der Waals surface area contributed by atoms with Crippen molar-refractivity contribution in [1.82, 2.24) is 30.2 Å². The molecule has 2 aromatic heterocycles. The van der Waals surface area contributed by atoms with E-state index in [0.717, 1.165) is 30.5 Å². The van der Waals surface area contributed by atoms with E-state index in [1.807, 2.05) is 0 Å². The molecule has 1 fully saturated rings. The zero-order valence-corrected chi connectivity index (χ0v) is 12.5. The number of aromatic nitrogens is 4. The molecule has 0 unspecified atom stereocenters. The smallest absolute Gasteiger partial charge is 0.270 e. The summed E-state index contributed by atoms with van der Waals surface area (Å²) in [6.45, 7) is 0.465. The number of fused-ring (bicyclic) bond motifs is 1. The van der Waals surface area contributed by atoms with Gasteiger partial charge in [-0.15, -0.1) is 0 Å². The molecule has 0 aromatic carbocycles. The average Bonchev–Trinajstić information content (AvgIpc) is 3.27. The lowest BCUT2D eigenvalue weighted by molar-refractivity contribution is -0.119. The first-order valence-corrected chi connectivity index (χ1v) is 7.66. The van der Waals surface area contributed by atoms with Crippen LogP contribution in [0.3, 0.4) is 0 Å². The Kier molecular flexibility index (Phi) is 3.29. The summed E-state index contributed by atoms with van der Waals surface area (Å²) in [4.78, 5) is 36.9. The lowest BCUT2D eigenvalue weighted by Crippen LogP contribution is -2.37. The van der Waals surface area contributed by atoms with Crippen molar-refractivity contribution in [2.24, 2.45) is 0 Å². The van der Waals surface area contributed by atoms with E-state index >= 15 is 0 Å². The molecule has 2 N–H and O–H groups in total. The number of hydrogen-bond donors (Lipinski definition) is 2. The monoisotopic (exact) mass is 312 g/mol. The number of amides is 2. The summed E-state index contributed by atoms with van der Waals surface area (Å²) >= 11 is 0. The maximum absolute atomic E-state index is 12.6. The molecule has 0 saturated carbocycles. The number of carbonyl (C=O) groups excluding carboxylic acids is 2. The van der Waals surface area contributed by atoms with E-state index in [4.69, 9.17) is 0 Å². The van der Waals surface area contributed by atoms with Crippen molar-refractivity contribution in [3.05, 3.63) is 35.7 Å². The van der Waals surface area contributed by atoms with Crippen molar-refractivity contribution in [1.29, 1.82) is 0 Å². The van der Waals surface area contributed by atoms with Gasteiger partial charge < -0.3 is 10.6 Å². The van der Waals surface area contributed by atoms with E-state index in [-0.39, 0.29) is 17.9 Å². The molecule has 2 aromatic rings. The van der Waals surface area contributed by atoms with Crippen LogP contribution in [0.25, 0.3) is 5.95 Å². The second-order valence-corrected chi connectivity index (χ2v) is 5.80. The number of rotatable bonds is 3. The van der Waals surface area contributed by atoms with Gasteiger partial charge in [-0.05, 0) is 19.3 Å². The molecular formula is C15H16N6O2. The molecule has 0 bridgehead atoms. The van der Waals surface area contributed by atoms with Crippen LogP contribution in [0.5, 0.6) is 0 Å². The number of nitrogens with zero attached hydrogens (tertiary/aromatic N) is 4. The highest BCUT2D eigenvalue weighted by Gasteiger charge is 2.28. The van der Waals surface area contributed by atoms with Crippen molar-refractivity contribution < 1.29 is 9.59 Å². The van der Waals surface area contributed by atoms with E-state index in [1.54, 1.807) is 23.3 Å². The van der Waals surface area contributed by atoms with Gasteiger partial charge in [0, 0.05) is 36.6 Å². The van der Waals surface area contributed by atoms with Crippen molar-refractivity contribution >= 4 is 11.8 Å². The molecule has 2 amide bonds. The Labute approximate surface area is 132 Å². The highest BCUT2D eigenvalue weighted by molar-refractivity contribution is 5.95. The van der Waals surface area contributed by atoms with E-state index in [9.17, 15) is 9.59 Å². The molecule has 1 aliphatic heterocycles. The van der Waals surface area contributed by atoms with Gasteiger partial charge in [-0.3, -0.25) is 14.2 Å². The van der Waals surface area contributed by atoms with Crippen molar-refractivity contribution in [3.63, 3.8) is 0 Å². The number of hydrogen-bond acceptors (Lipinski definition) is 5. The molecule has 8 nitrogen and oxygen atoms in total. The lowest BCUT2D eigenvalue weighted by atomic mass is 10.1. The Morgan fingerprint density at radius 1 is 1.35 bits per heavy atom. The van der Waals surface area contributed by atoms with E-state index in [0.29, 0.717) is 24.6 Å². The second-order valence-electron chi connectivity index (χ2n) is 5.80. The van der Waals surface area contributed by atoms with E-state index in [2.05, 4.69) is 25.6 Å². The Hall–Kier alpha value is -2.77. The summed E-state index contributed by atoms with van der Waals surface area (Å²) in [5, 5.41) is 5.60. The predicted molar refractivity (Wildman–Crippen MR) is 80.1 cm³/mol. The first kappa shape index (κ1) is 13.9. The van der Waals surface area contributed by atoms with E-state index < -0.39 is 0 Å². The zero-order chi connectivity index (χ0) is 15.8. The van der Waals surface area contributed by atoms with Crippen LogP contribution < -0.4 is 10.6 Å². The van der Waals surface area contributed by atoms with Crippen LogP contribution in [0, 0.1) is 0 Å². The van der Waals surface area contributed by atoms with Crippen LogP contribution in [0.4, 0.5) is 0 Å². The van der Waals surface area contributed by atoms with Gasteiger partial charge in [0.2, 0.25) is 11.9 Å². The third kappa shape index (κ3) is 2.56. The van der Waals surface area contributed by atoms with Crippen molar-refractivity contribution in [2.75, 3.05) is 6.54 Å². The Morgan fingerprint density at radius 2 is 2.26 bits per heavy atom. The van der Waals surface area contributed by atoms with Gasteiger partial charge in [-0.25, -0.2) is 15.0 Å². The van der Waals surface area contributed by atoms with Gasteiger partial charge >= 0.3 is 0 Å². The quantitative estimate of drug-likeness (QED) is 0.815. The molecule has 1 aliphatic carbocycles. The molecule has 0 radical (unpaired) electrons. The SMILES string of the molecule is O=C1C[C@H](NC(=O)c2nc(-n3ccnc3)nc3c2CCC3)CN1. The molecule has 23 heavy (non-hydrogen) atoms. The Morgan fingerprint density at radius 3 is 3.00 bits per heavy atom. The van der Waals surface area contributed by atoms with Crippen molar-refractivity contribution in [2.45, 2.75) is 31.7 Å². The summed E-state index contributed by atoms with van der Waals surface area (Å²) in [6.07, 6.45) is 7.95. The van der Waals surface area contributed by atoms with Crippen LogP contribution in [0.1, 0.15) is 34.6 Å². The topological polar surface area (TPSA) is 102 Å². The molecule has 1 atom stereocenters. The minimum Gasteiger partial charge on any atom is -0.354 e. The van der Waals surface area contributed by atoms with Crippen LogP contribution in [-0.2, 0) is 17.6 Å². The third-order valence-corrected chi connectivity index (χ3v) is 4.18. The van der Waals surface area contributed by atoms with E-state index in [1.165, 1.54) is 0 Å². The van der Waals surface area contributed by atoms with Crippen LogP contribution >= 0.6 is 0 Å². The normalized spacial score (nSPS) is 19.5. The third-order valence-electron chi connectivity index (χ3n) is 4.18. The summed E-state index contributed by atoms with van der Waals surface area (Å²) in [6, 6.07) is -0.182. The van der Waals surface area contributed by atoms with Crippen LogP contribution in [0.15, 0.2) is 18.7 Å². The fraction of sp³-hybridized carbons (Fsp3) is 0.400. The first-order chi connectivity index (χ1) is 11.2. The van der Waals surface area contributed by atoms with Gasteiger partial charge in [-0.1, -0.05) is 0 Å². The predicted octanol–water partition coefficient (Wildman–Crippen LogP) is -0.231. The second kappa shape index (κ2) is 5.45. The minimum atomic E-state index is -0.242. The molecular weight excluding hydrogens is 296 g/mol. The van der Waals surface area contributed by atoms with Gasteiger partial charge in [0.1, 0.15) is 12.0 Å².